The Hall–Kier alpha value is -4.88. The number of carbonyl (C=O) groups excluding carboxylic acids is 2. The van der Waals surface area contributed by atoms with Crippen molar-refractivity contribution in [2.75, 3.05) is 10.6 Å². The number of benzene rings is 3. The van der Waals surface area contributed by atoms with E-state index in [2.05, 4.69) is 25.8 Å². The third-order valence-corrected chi connectivity index (χ3v) is 4.87. The summed E-state index contributed by atoms with van der Waals surface area (Å²) >= 11 is 0. The van der Waals surface area contributed by atoms with Crippen molar-refractivity contribution in [3.05, 3.63) is 96.1 Å². The molecule has 4 aromatic rings. The molecule has 1 aromatic heterocycles. The molecule has 0 aliphatic rings. The van der Waals surface area contributed by atoms with E-state index < -0.39 is 0 Å². The fourth-order valence-electron chi connectivity index (χ4n) is 3.20. The van der Waals surface area contributed by atoms with Gasteiger partial charge in [0.1, 0.15) is 11.3 Å². The Labute approximate surface area is 189 Å². The Balaban J connectivity index is 1.46. The number of nitrogens with one attached hydrogen (secondary N) is 3. The summed E-state index contributed by atoms with van der Waals surface area (Å²) in [4.78, 5) is 27.9. The number of amides is 2. The van der Waals surface area contributed by atoms with Gasteiger partial charge in [0.15, 0.2) is 10.8 Å². The quantitative estimate of drug-likeness (QED) is 0.296. The van der Waals surface area contributed by atoms with E-state index in [0.717, 1.165) is 5.56 Å². The van der Waals surface area contributed by atoms with E-state index in [1.165, 1.54) is 0 Å². The molecule has 33 heavy (non-hydrogen) atoms. The molecule has 0 spiro atoms. The number of aromatic nitrogens is 2. The summed E-state index contributed by atoms with van der Waals surface area (Å²) in [5.41, 5.74) is 10.4. The molecule has 0 atom stereocenters. The van der Waals surface area contributed by atoms with Crippen LogP contribution in [0.25, 0.3) is 11.3 Å². The van der Waals surface area contributed by atoms with E-state index in [9.17, 15) is 9.59 Å². The molecule has 0 fully saturated rings. The standard InChI is InChI=1S/C24H19N7O2/c1-31-22(27-24(33)18-8-5-9-20(14-18)28-30-25)15-21(29-31)16-10-12-19(13-11-16)26-23(32)17-6-3-2-4-7-17/h2-15,25H,1H3,(H-,26,27,29,32,33)/p+1. The summed E-state index contributed by atoms with van der Waals surface area (Å²) in [7, 11) is 1.73. The number of rotatable bonds is 6. The van der Waals surface area contributed by atoms with Crippen LogP contribution in [0.1, 0.15) is 20.7 Å². The van der Waals surface area contributed by atoms with Crippen LogP contribution in [0.15, 0.2) is 90.0 Å². The van der Waals surface area contributed by atoms with Crippen molar-refractivity contribution in [1.29, 1.82) is 5.53 Å². The molecule has 0 bridgehead atoms. The summed E-state index contributed by atoms with van der Waals surface area (Å²) in [5.74, 6) is 0.00832. The minimum atomic E-state index is -0.328. The fourth-order valence-corrected chi connectivity index (χ4v) is 3.20. The summed E-state index contributed by atoms with van der Waals surface area (Å²) in [6, 6.07) is 24.6. The molecule has 4 rings (SSSR count). The van der Waals surface area contributed by atoms with Crippen LogP contribution in [0.2, 0.25) is 0 Å². The predicted molar refractivity (Wildman–Crippen MR) is 124 cm³/mol. The largest absolute Gasteiger partial charge is 0.322 e. The minimum Gasteiger partial charge on any atom is -0.322 e. The monoisotopic (exact) mass is 438 g/mol. The number of aryl methyl sites for hydroxylation is 1. The van der Waals surface area contributed by atoms with Crippen LogP contribution in [-0.4, -0.2) is 21.6 Å². The van der Waals surface area contributed by atoms with Crippen LogP contribution < -0.4 is 15.5 Å². The highest BCUT2D eigenvalue weighted by molar-refractivity contribution is 6.05. The van der Waals surface area contributed by atoms with Crippen LogP contribution in [0.4, 0.5) is 17.2 Å². The van der Waals surface area contributed by atoms with Gasteiger partial charge in [-0.25, -0.2) is 0 Å². The first-order valence-corrected chi connectivity index (χ1v) is 10.0. The van der Waals surface area contributed by atoms with Crippen LogP contribution in [0, 0.1) is 5.53 Å². The van der Waals surface area contributed by atoms with Crippen molar-refractivity contribution in [3.8, 4) is 11.3 Å². The maximum Gasteiger partial charge on any atom is 0.256 e. The molecule has 1 heterocycles. The second kappa shape index (κ2) is 9.51. The third-order valence-electron chi connectivity index (χ3n) is 4.87. The zero-order valence-corrected chi connectivity index (χ0v) is 17.7. The highest BCUT2D eigenvalue weighted by Crippen LogP contribution is 2.24. The maximum absolute atomic E-state index is 12.6. The first-order valence-electron chi connectivity index (χ1n) is 10.0. The lowest BCUT2D eigenvalue weighted by Gasteiger charge is -2.06. The number of hydrogen-bond donors (Lipinski definition) is 3. The normalized spacial score (nSPS) is 10.2. The van der Waals surface area contributed by atoms with Crippen molar-refractivity contribution >= 4 is 29.0 Å². The Morgan fingerprint density at radius 2 is 1.58 bits per heavy atom. The summed E-state index contributed by atoms with van der Waals surface area (Å²) in [6.45, 7) is 0. The molecule has 0 unspecified atom stereocenters. The van der Waals surface area contributed by atoms with Gasteiger partial charge in [0, 0.05) is 35.5 Å². The van der Waals surface area contributed by atoms with E-state index in [1.54, 1.807) is 66.3 Å². The van der Waals surface area contributed by atoms with Gasteiger partial charge in [-0.1, -0.05) is 36.4 Å². The second-order valence-corrected chi connectivity index (χ2v) is 7.14. The second-order valence-electron chi connectivity index (χ2n) is 7.14. The molecule has 0 saturated carbocycles. The Bertz CT molecular complexity index is 1360. The topological polar surface area (TPSA) is 126 Å². The van der Waals surface area contributed by atoms with Crippen LogP contribution in [0.3, 0.4) is 0 Å². The smallest absolute Gasteiger partial charge is 0.256 e. The lowest BCUT2D eigenvalue weighted by Crippen LogP contribution is -2.14. The van der Waals surface area contributed by atoms with E-state index in [1.807, 2.05) is 30.3 Å². The molecule has 0 aliphatic carbocycles. The number of anilines is 2. The average Bonchev–Trinajstić information content (AvgIpc) is 3.20. The highest BCUT2D eigenvalue weighted by atomic mass is 16.2. The van der Waals surface area contributed by atoms with E-state index >= 15 is 0 Å². The van der Waals surface area contributed by atoms with Crippen LogP contribution in [-0.2, 0) is 7.05 Å². The lowest BCUT2D eigenvalue weighted by molar-refractivity contribution is 0.101. The Morgan fingerprint density at radius 3 is 2.30 bits per heavy atom. The van der Waals surface area contributed by atoms with Crippen molar-refractivity contribution < 1.29 is 9.59 Å². The molecule has 0 radical (unpaired) electrons. The fraction of sp³-hybridized carbons (Fsp3) is 0.0417. The third kappa shape index (κ3) is 5.07. The van der Waals surface area contributed by atoms with Gasteiger partial charge in [-0.3, -0.25) is 14.3 Å². The SMILES string of the molecule is Cn1nc(-c2ccc(NC(=O)c3ccccc3)cc2)cc1NC(=O)c1cccc(N=[N+]=N)c1. The molecule has 2 amide bonds. The summed E-state index contributed by atoms with van der Waals surface area (Å²) < 4.78 is 1.58. The van der Waals surface area contributed by atoms with Crippen molar-refractivity contribution in [1.82, 2.24) is 14.7 Å². The van der Waals surface area contributed by atoms with Gasteiger partial charge in [-0.15, -0.1) is 0 Å². The van der Waals surface area contributed by atoms with Gasteiger partial charge in [-0.05, 0) is 42.5 Å². The van der Waals surface area contributed by atoms with Gasteiger partial charge < -0.3 is 10.6 Å². The minimum absolute atomic E-state index is 0.181. The maximum atomic E-state index is 12.6. The van der Waals surface area contributed by atoms with Crippen molar-refractivity contribution in [3.63, 3.8) is 0 Å². The van der Waals surface area contributed by atoms with E-state index in [0.29, 0.717) is 34.0 Å². The van der Waals surface area contributed by atoms with Crippen molar-refractivity contribution in [2.45, 2.75) is 0 Å². The summed E-state index contributed by atoms with van der Waals surface area (Å²) in [6.07, 6.45) is 0. The van der Waals surface area contributed by atoms with Gasteiger partial charge in [0.2, 0.25) is 4.91 Å². The molecule has 0 saturated heterocycles. The molecule has 162 valence electrons. The predicted octanol–water partition coefficient (Wildman–Crippen LogP) is 4.77. The van der Waals surface area contributed by atoms with E-state index in [-0.39, 0.29) is 11.8 Å². The molecule has 3 N–H and O–H groups in total. The number of nitrogens with zero attached hydrogens (tertiary/aromatic N) is 4. The van der Waals surface area contributed by atoms with Gasteiger partial charge >= 0.3 is 0 Å². The van der Waals surface area contributed by atoms with Crippen molar-refractivity contribution in [2.24, 2.45) is 12.2 Å². The zero-order valence-electron chi connectivity index (χ0n) is 17.7. The molecule has 9 nitrogen and oxygen atoms in total. The van der Waals surface area contributed by atoms with Gasteiger partial charge in [0.25, 0.3) is 11.8 Å². The van der Waals surface area contributed by atoms with Gasteiger partial charge in [-0.2, -0.15) is 5.10 Å². The van der Waals surface area contributed by atoms with Gasteiger partial charge in [0.05, 0.1) is 5.69 Å². The number of carbonyl (C=O) groups is 2. The first kappa shape index (κ1) is 21.4. The van der Waals surface area contributed by atoms with Crippen LogP contribution >= 0.6 is 0 Å². The first-order chi connectivity index (χ1) is 16.0. The van der Waals surface area contributed by atoms with E-state index in [4.69, 9.17) is 5.53 Å². The zero-order chi connectivity index (χ0) is 23.2. The number of hydrogen-bond acceptors (Lipinski definition) is 5. The Morgan fingerprint density at radius 1 is 0.879 bits per heavy atom. The molecule has 3 aromatic carbocycles. The molecule has 9 heteroatoms. The molecular weight excluding hydrogens is 418 g/mol. The molecular formula is C24H20N7O2+. The highest BCUT2D eigenvalue weighted by Gasteiger charge is 2.13. The summed E-state index contributed by atoms with van der Waals surface area (Å²) in [5, 5.41) is 13.8. The lowest BCUT2D eigenvalue weighted by atomic mass is 10.1. The van der Waals surface area contributed by atoms with Crippen LogP contribution in [0.5, 0.6) is 0 Å². The Kier molecular flexibility index (Phi) is 6.15. The molecule has 0 aliphatic heterocycles. The average molecular weight is 438 g/mol.